The van der Waals surface area contributed by atoms with Crippen molar-refractivity contribution < 1.29 is 9.53 Å². The molecule has 0 radical (unpaired) electrons. The predicted molar refractivity (Wildman–Crippen MR) is 76.3 cm³/mol. The maximum absolute atomic E-state index is 12.2. The van der Waals surface area contributed by atoms with Gasteiger partial charge in [0.1, 0.15) is 0 Å². The molecule has 3 N–H and O–H groups in total. The third-order valence-corrected chi connectivity index (χ3v) is 4.01. The highest BCUT2D eigenvalue weighted by molar-refractivity contribution is 6.31. The van der Waals surface area contributed by atoms with E-state index in [0.29, 0.717) is 18.2 Å². The lowest BCUT2D eigenvalue weighted by Gasteiger charge is -2.27. The number of hydrogen-bond acceptors (Lipinski definition) is 3. The third kappa shape index (κ3) is 3.47. The summed E-state index contributed by atoms with van der Waals surface area (Å²) in [5, 5.41) is 3.50. The first kappa shape index (κ1) is 14.3. The summed E-state index contributed by atoms with van der Waals surface area (Å²) in [6.45, 7) is 3.24. The molecule has 19 heavy (non-hydrogen) atoms. The summed E-state index contributed by atoms with van der Waals surface area (Å²) in [4.78, 5) is 12.2. The van der Waals surface area contributed by atoms with E-state index < -0.39 is 6.04 Å². The van der Waals surface area contributed by atoms with Crippen molar-refractivity contribution in [3.05, 3.63) is 28.8 Å². The highest BCUT2D eigenvalue weighted by Gasteiger charge is 2.26. The highest BCUT2D eigenvalue weighted by atomic mass is 35.5. The molecule has 0 aromatic heterocycles. The molecule has 0 aliphatic carbocycles. The molecule has 1 unspecified atom stereocenters. The number of nitrogens with two attached hydrogens (primary N) is 1. The SMILES string of the molecule is Cc1c(Cl)cccc1NC(=O)C(N)C1CCOCC1. The quantitative estimate of drug-likeness (QED) is 0.894. The molecule has 1 aromatic rings. The van der Waals surface area contributed by atoms with Gasteiger partial charge in [0.05, 0.1) is 6.04 Å². The first-order chi connectivity index (χ1) is 9.09. The van der Waals surface area contributed by atoms with E-state index >= 15 is 0 Å². The van der Waals surface area contributed by atoms with Gasteiger partial charge in [0.2, 0.25) is 5.91 Å². The zero-order chi connectivity index (χ0) is 13.8. The van der Waals surface area contributed by atoms with Crippen LogP contribution in [0, 0.1) is 12.8 Å². The molecule has 1 atom stereocenters. The molecular formula is C14H19ClN2O2. The lowest BCUT2D eigenvalue weighted by atomic mass is 9.92. The van der Waals surface area contributed by atoms with Crippen molar-refractivity contribution in [2.24, 2.45) is 11.7 Å². The Morgan fingerprint density at radius 3 is 2.84 bits per heavy atom. The Bertz CT molecular complexity index is 459. The van der Waals surface area contributed by atoms with E-state index in [2.05, 4.69) is 5.32 Å². The second-order valence-corrected chi connectivity index (χ2v) is 5.28. The van der Waals surface area contributed by atoms with E-state index in [1.807, 2.05) is 19.1 Å². The number of carbonyl (C=O) groups is 1. The molecule has 0 saturated carbocycles. The second kappa shape index (κ2) is 6.37. The Kier molecular flexibility index (Phi) is 4.80. The van der Waals surface area contributed by atoms with E-state index in [4.69, 9.17) is 22.1 Å². The van der Waals surface area contributed by atoms with Crippen molar-refractivity contribution in [2.45, 2.75) is 25.8 Å². The molecule has 2 rings (SSSR count). The highest BCUT2D eigenvalue weighted by Crippen LogP contribution is 2.24. The average molecular weight is 283 g/mol. The molecule has 1 amide bonds. The van der Waals surface area contributed by atoms with Crippen LogP contribution in [0.3, 0.4) is 0 Å². The minimum Gasteiger partial charge on any atom is -0.381 e. The molecule has 1 aliphatic rings. The first-order valence-corrected chi connectivity index (χ1v) is 6.86. The summed E-state index contributed by atoms with van der Waals surface area (Å²) >= 11 is 6.03. The van der Waals surface area contributed by atoms with Crippen molar-refractivity contribution in [1.82, 2.24) is 0 Å². The van der Waals surface area contributed by atoms with Gasteiger partial charge in [0.15, 0.2) is 0 Å². The third-order valence-electron chi connectivity index (χ3n) is 3.60. The molecule has 0 bridgehead atoms. The predicted octanol–water partition coefficient (Wildman–Crippen LogP) is 2.34. The lowest BCUT2D eigenvalue weighted by molar-refractivity contribution is -0.119. The van der Waals surface area contributed by atoms with E-state index in [-0.39, 0.29) is 11.8 Å². The molecule has 0 spiro atoms. The van der Waals surface area contributed by atoms with Crippen LogP contribution >= 0.6 is 11.6 Å². The van der Waals surface area contributed by atoms with Gasteiger partial charge >= 0.3 is 0 Å². The van der Waals surface area contributed by atoms with Crippen LogP contribution in [0.1, 0.15) is 18.4 Å². The minimum atomic E-state index is -0.498. The van der Waals surface area contributed by atoms with E-state index in [0.717, 1.165) is 24.1 Å². The Labute approximate surface area is 118 Å². The van der Waals surface area contributed by atoms with E-state index in [9.17, 15) is 4.79 Å². The summed E-state index contributed by atoms with van der Waals surface area (Å²) in [6, 6.07) is 4.94. The number of ether oxygens (including phenoxy) is 1. The number of carbonyl (C=O) groups excluding carboxylic acids is 1. The van der Waals surface area contributed by atoms with Gasteiger partial charge in [-0.05, 0) is 43.4 Å². The lowest BCUT2D eigenvalue weighted by Crippen LogP contribution is -2.44. The molecule has 1 aliphatic heterocycles. The molecule has 5 heteroatoms. The summed E-state index contributed by atoms with van der Waals surface area (Å²) in [5.41, 5.74) is 7.61. The number of nitrogens with one attached hydrogen (secondary N) is 1. The van der Waals surface area contributed by atoms with E-state index in [1.54, 1.807) is 6.07 Å². The summed E-state index contributed by atoms with van der Waals surface area (Å²) in [6.07, 6.45) is 1.67. The molecule has 104 valence electrons. The Hall–Kier alpha value is -1.10. The minimum absolute atomic E-state index is 0.155. The molecular weight excluding hydrogens is 264 g/mol. The number of hydrogen-bond donors (Lipinski definition) is 2. The summed E-state index contributed by atoms with van der Waals surface area (Å²) < 4.78 is 5.28. The smallest absolute Gasteiger partial charge is 0.241 e. The average Bonchev–Trinajstić information content (AvgIpc) is 2.44. The van der Waals surface area contributed by atoms with Crippen LogP contribution in [0.5, 0.6) is 0 Å². The maximum atomic E-state index is 12.2. The largest absolute Gasteiger partial charge is 0.381 e. The first-order valence-electron chi connectivity index (χ1n) is 6.49. The molecule has 1 fully saturated rings. The van der Waals surface area contributed by atoms with Crippen molar-refractivity contribution in [3.8, 4) is 0 Å². The van der Waals surface area contributed by atoms with Gasteiger partial charge in [0, 0.05) is 23.9 Å². The second-order valence-electron chi connectivity index (χ2n) is 4.88. The van der Waals surface area contributed by atoms with Gasteiger partial charge in [-0.15, -0.1) is 0 Å². The van der Waals surface area contributed by atoms with Crippen LogP contribution in [-0.4, -0.2) is 25.2 Å². The fraction of sp³-hybridized carbons (Fsp3) is 0.500. The van der Waals surface area contributed by atoms with E-state index in [1.165, 1.54) is 0 Å². The zero-order valence-corrected chi connectivity index (χ0v) is 11.7. The van der Waals surface area contributed by atoms with Gasteiger partial charge in [-0.1, -0.05) is 17.7 Å². The van der Waals surface area contributed by atoms with Crippen LogP contribution in [0.15, 0.2) is 18.2 Å². The van der Waals surface area contributed by atoms with Gasteiger partial charge < -0.3 is 15.8 Å². The maximum Gasteiger partial charge on any atom is 0.241 e. The number of rotatable bonds is 3. The number of benzene rings is 1. The number of anilines is 1. The van der Waals surface area contributed by atoms with Crippen LogP contribution in [0.2, 0.25) is 5.02 Å². The fourth-order valence-corrected chi connectivity index (χ4v) is 2.42. The molecule has 1 saturated heterocycles. The standard InChI is InChI=1S/C14H19ClN2O2/c1-9-11(15)3-2-4-12(9)17-14(18)13(16)10-5-7-19-8-6-10/h2-4,10,13H,5-8,16H2,1H3,(H,17,18). The van der Waals surface area contributed by atoms with Crippen LogP contribution in [0.4, 0.5) is 5.69 Å². The van der Waals surface area contributed by atoms with Crippen LogP contribution in [-0.2, 0) is 9.53 Å². The van der Waals surface area contributed by atoms with Crippen molar-refractivity contribution in [3.63, 3.8) is 0 Å². The topological polar surface area (TPSA) is 64.4 Å². The summed E-state index contributed by atoms with van der Waals surface area (Å²) in [7, 11) is 0. The van der Waals surface area contributed by atoms with Gasteiger partial charge in [-0.25, -0.2) is 0 Å². The van der Waals surface area contributed by atoms with Crippen molar-refractivity contribution in [1.29, 1.82) is 0 Å². The van der Waals surface area contributed by atoms with Gasteiger partial charge in [0.25, 0.3) is 0 Å². The Morgan fingerprint density at radius 2 is 2.16 bits per heavy atom. The van der Waals surface area contributed by atoms with Crippen LogP contribution in [0.25, 0.3) is 0 Å². The molecule has 1 heterocycles. The van der Waals surface area contributed by atoms with Crippen molar-refractivity contribution >= 4 is 23.2 Å². The zero-order valence-electron chi connectivity index (χ0n) is 11.0. The normalized spacial score (nSPS) is 18.1. The number of amides is 1. The fourth-order valence-electron chi connectivity index (χ4n) is 2.25. The van der Waals surface area contributed by atoms with Crippen molar-refractivity contribution in [2.75, 3.05) is 18.5 Å². The van der Waals surface area contributed by atoms with Crippen LogP contribution < -0.4 is 11.1 Å². The van der Waals surface area contributed by atoms with Gasteiger partial charge in [-0.3, -0.25) is 4.79 Å². The molecule has 1 aromatic carbocycles. The number of halogens is 1. The Balaban J connectivity index is 2.01. The van der Waals surface area contributed by atoms with Gasteiger partial charge in [-0.2, -0.15) is 0 Å². The summed E-state index contributed by atoms with van der Waals surface area (Å²) in [5.74, 6) is 0.0329. The Morgan fingerprint density at radius 1 is 1.47 bits per heavy atom. The molecule has 4 nitrogen and oxygen atoms in total. The monoisotopic (exact) mass is 282 g/mol.